The summed E-state index contributed by atoms with van der Waals surface area (Å²) >= 11 is 0. The van der Waals surface area contributed by atoms with Crippen LogP contribution in [0.5, 0.6) is 0 Å². The zero-order valence-corrected chi connectivity index (χ0v) is 9.33. The number of ether oxygens (including phenoxy) is 2. The van der Waals surface area contributed by atoms with Crippen LogP contribution >= 0.6 is 0 Å². The third-order valence-electron chi connectivity index (χ3n) is 1.23. The van der Waals surface area contributed by atoms with Crippen molar-refractivity contribution in [3.05, 3.63) is 0 Å². The first-order valence-corrected chi connectivity index (χ1v) is 4.70. The maximum absolute atomic E-state index is 11.1. The van der Waals surface area contributed by atoms with Gasteiger partial charge in [0.05, 0.1) is 6.61 Å². The van der Waals surface area contributed by atoms with Crippen LogP contribution in [0.3, 0.4) is 0 Å². The molecular weight excluding hydrogens is 200 g/mol. The molecule has 0 aromatic rings. The van der Waals surface area contributed by atoms with E-state index in [-0.39, 0.29) is 6.61 Å². The van der Waals surface area contributed by atoms with E-state index in [1.165, 1.54) is 0 Å². The van der Waals surface area contributed by atoms with Gasteiger partial charge in [0.15, 0.2) is 0 Å². The Bertz CT molecular complexity index is 223. The number of hydrogen-bond acceptors (Lipinski definition) is 4. The van der Waals surface area contributed by atoms with Crippen LogP contribution in [-0.4, -0.2) is 30.9 Å². The third-order valence-corrected chi connectivity index (χ3v) is 1.23. The number of alkyl carbamates (subject to hydrolysis) is 1. The molecule has 6 heteroatoms. The van der Waals surface area contributed by atoms with Crippen LogP contribution in [0.4, 0.5) is 9.59 Å². The molecule has 0 saturated heterocycles. The van der Waals surface area contributed by atoms with E-state index in [0.29, 0.717) is 13.0 Å². The van der Waals surface area contributed by atoms with Crippen LogP contribution < -0.4 is 11.1 Å². The molecule has 0 spiro atoms. The molecule has 0 unspecified atom stereocenters. The van der Waals surface area contributed by atoms with Gasteiger partial charge in [-0.05, 0) is 27.2 Å². The molecule has 0 aliphatic heterocycles. The second kappa shape index (κ2) is 6.10. The minimum Gasteiger partial charge on any atom is -0.450 e. The number of carbonyl (C=O) groups is 2. The summed E-state index contributed by atoms with van der Waals surface area (Å²) in [6.07, 6.45) is -0.795. The maximum atomic E-state index is 11.1. The average Bonchev–Trinajstić information content (AvgIpc) is 1.99. The van der Waals surface area contributed by atoms with Crippen molar-refractivity contribution in [2.24, 2.45) is 5.73 Å². The molecule has 2 amide bonds. The summed E-state index contributed by atoms with van der Waals surface area (Å²) < 4.78 is 9.45. The highest BCUT2D eigenvalue weighted by molar-refractivity contribution is 5.67. The lowest BCUT2D eigenvalue weighted by Crippen LogP contribution is -2.33. The molecule has 0 saturated carbocycles. The number of hydrogen-bond donors (Lipinski definition) is 2. The molecule has 0 radical (unpaired) electrons. The van der Waals surface area contributed by atoms with Gasteiger partial charge in [-0.25, -0.2) is 9.59 Å². The molecule has 3 N–H and O–H groups in total. The zero-order valence-electron chi connectivity index (χ0n) is 9.33. The van der Waals surface area contributed by atoms with Gasteiger partial charge < -0.3 is 20.5 Å². The first kappa shape index (κ1) is 13.5. The molecule has 0 fully saturated rings. The number of amides is 2. The van der Waals surface area contributed by atoms with E-state index >= 15 is 0 Å². The van der Waals surface area contributed by atoms with E-state index in [4.69, 9.17) is 10.5 Å². The van der Waals surface area contributed by atoms with Crippen LogP contribution in [0.15, 0.2) is 0 Å². The summed E-state index contributed by atoms with van der Waals surface area (Å²) in [7, 11) is 0. The van der Waals surface area contributed by atoms with Gasteiger partial charge in [-0.3, -0.25) is 0 Å². The lowest BCUT2D eigenvalue weighted by molar-refractivity contribution is 0.0524. The van der Waals surface area contributed by atoms with Gasteiger partial charge in [-0.1, -0.05) is 0 Å². The van der Waals surface area contributed by atoms with E-state index in [1.54, 1.807) is 20.8 Å². The van der Waals surface area contributed by atoms with Gasteiger partial charge in [-0.15, -0.1) is 0 Å². The first-order valence-electron chi connectivity index (χ1n) is 4.70. The van der Waals surface area contributed by atoms with Gasteiger partial charge in [-0.2, -0.15) is 0 Å². The lowest BCUT2D eigenvalue weighted by Gasteiger charge is -2.19. The number of primary amides is 1. The second-order valence-corrected chi connectivity index (χ2v) is 3.95. The molecule has 0 aromatic carbocycles. The summed E-state index contributed by atoms with van der Waals surface area (Å²) in [5.41, 5.74) is 4.24. The standard InChI is InChI=1S/C9H18N2O4/c1-9(2,3)15-8(13)11-5-4-6-14-7(10)12/h4-6H2,1-3H3,(H2,10,12)(H,11,13). The van der Waals surface area contributed by atoms with Crippen molar-refractivity contribution in [1.82, 2.24) is 5.32 Å². The van der Waals surface area contributed by atoms with E-state index < -0.39 is 17.8 Å². The fraction of sp³-hybridized carbons (Fsp3) is 0.778. The average molecular weight is 218 g/mol. The SMILES string of the molecule is CC(C)(C)OC(=O)NCCCOC(N)=O. The van der Waals surface area contributed by atoms with E-state index in [1.807, 2.05) is 0 Å². The van der Waals surface area contributed by atoms with Crippen LogP contribution in [0, 0.1) is 0 Å². The van der Waals surface area contributed by atoms with Crippen molar-refractivity contribution in [2.45, 2.75) is 32.8 Å². The fourth-order valence-corrected chi connectivity index (χ4v) is 0.750. The Balaban J connectivity index is 3.44. The third kappa shape index (κ3) is 10.5. The Hall–Kier alpha value is -1.46. The first-order chi connectivity index (χ1) is 6.81. The van der Waals surface area contributed by atoms with E-state index in [9.17, 15) is 9.59 Å². The van der Waals surface area contributed by atoms with E-state index in [0.717, 1.165) is 0 Å². The zero-order chi connectivity index (χ0) is 11.9. The molecule has 0 rings (SSSR count). The van der Waals surface area contributed by atoms with Crippen molar-refractivity contribution < 1.29 is 19.1 Å². The van der Waals surface area contributed by atoms with Crippen LogP contribution in [0.25, 0.3) is 0 Å². The second-order valence-electron chi connectivity index (χ2n) is 3.95. The molecule has 15 heavy (non-hydrogen) atoms. The molecular formula is C9H18N2O4. The van der Waals surface area contributed by atoms with E-state index in [2.05, 4.69) is 10.1 Å². The summed E-state index contributed by atoms with van der Waals surface area (Å²) in [6.45, 7) is 5.90. The summed E-state index contributed by atoms with van der Waals surface area (Å²) in [4.78, 5) is 21.3. The van der Waals surface area contributed by atoms with Crippen LogP contribution in [0.1, 0.15) is 27.2 Å². The number of carbonyl (C=O) groups excluding carboxylic acids is 2. The molecule has 0 aliphatic carbocycles. The van der Waals surface area contributed by atoms with Crippen molar-refractivity contribution >= 4 is 12.2 Å². The Morgan fingerprint density at radius 1 is 1.33 bits per heavy atom. The molecule has 88 valence electrons. The lowest BCUT2D eigenvalue weighted by atomic mass is 10.2. The molecule has 0 aliphatic rings. The quantitative estimate of drug-likeness (QED) is 0.688. The molecule has 0 heterocycles. The molecule has 6 nitrogen and oxygen atoms in total. The van der Waals surface area contributed by atoms with Crippen molar-refractivity contribution in [1.29, 1.82) is 0 Å². The van der Waals surface area contributed by atoms with Gasteiger partial charge in [0.1, 0.15) is 5.60 Å². The Morgan fingerprint density at radius 2 is 1.93 bits per heavy atom. The van der Waals surface area contributed by atoms with Crippen molar-refractivity contribution in [3.8, 4) is 0 Å². The summed E-state index contributed by atoms with van der Waals surface area (Å²) in [6, 6.07) is 0. The predicted octanol–water partition coefficient (Wildman–Crippen LogP) is 0.996. The fourth-order valence-electron chi connectivity index (χ4n) is 0.750. The predicted molar refractivity (Wildman–Crippen MR) is 54.4 cm³/mol. The highest BCUT2D eigenvalue weighted by Crippen LogP contribution is 2.06. The number of nitrogens with one attached hydrogen (secondary N) is 1. The molecule has 0 aromatic heterocycles. The smallest absolute Gasteiger partial charge is 0.407 e. The number of nitrogens with two attached hydrogens (primary N) is 1. The van der Waals surface area contributed by atoms with Crippen molar-refractivity contribution in [3.63, 3.8) is 0 Å². The minimum absolute atomic E-state index is 0.186. The minimum atomic E-state index is -0.813. The monoisotopic (exact) mass is 218 g/mol. The Labute approximate surface area is 89.1 Å². The van der Waals surface area contributed by atoms with Crippen molar-refractivity contribution in [2.75, 3.05) is 13.2 Å². The largest absolute Gasteiger partial charge is 0.450 e. The summed E-state index contributed by atoms with van der Waals surface area (Å²) in [5, 5.41) is 2.52. The van der Waals surface area contributed by atoms with Gasteiger partial charge in [0.2, 0.25) is 0 Å². The topological polar surface area (TPSA) is 90.7 Å². The highest BCUT2D eigenvalue weighted by atomic mass is 16.6. The Kier molecular flexibility index (Phi) is 5.51. The summed E-state index contributed by atoms with van der Waals surface area (Å²) in [5.74, 6) is 0. The van der Waals surface area contributed by atoms with Gasteiger partial charge in [0.25, 0.3) is 0 Å². The highest BCUT2D eigenvalue weighted by Gasteiger charge is 2.15. The maximum Gasteiger partial charge on any atom is 0.407 e. The molecule has 0 bridgehead atoms. The normalized spacial score (nSPS) is 10.6. The van der Waals surface area contributed by atoms with Crippen LogP contribution in [-0.2, 0) is 9.47 Å². The Morgan fingerprint density at radius 3 is 2.40 bits per heavy atom. The van der Waals surface area contributed by atoms with Crippen LogP contribution in [0.2, 0.25) is 0 Å². The van der Waals surface area contributed by atoms with Gasteiger partial charge in [0, 0.05) is 6.54 Å². The molecule has 0 atom stereocenters. The number of rotatable bonds is 4. The van der Waals surface area contributed by atoms with Gasteiger partial charge >= 0.3 is 12.2 Å².